The predicted octanol–water partition coefficient (Wildman–Crippen LogP) is 2.97. The van der Waals surface area contributed by atoms with Gasteiger partial charge >= 0.3 is 5.97 Å². The molecular formula is C26H27N3O5. The van der Waals surface area contributed by atoms with E-state index in [9.17, 15) is 19.5 Å². The zero-order chi connectivity index (χ0) is 24.2. The van der Waals surface area contributed by atoms with Crippen LogP contribution in [0.2, 0.25) is 0 Å². The van der Waals surface area contributed by atoms with Crippen LogP contribution in [0.1, 0.15) is 27.9 Å². The lowest BCUT2D eigenvalue weighted by atomic mass is 9.97. The van der Waals surface area contributed by atoms with Gasteiger partial charge in [0.2, 0.25) is 5.91 Å². The van der Waals surface area contributed by atoms with Crippen molar-refractivity contribution in [3.8, 4) is 5.75 Å². The fourth-order valence-electron chi connectivity index (χ4n) is 4.27. The van der Waals surface area contributed by atoms with E-state index in [0.29, 0.717) is 24.3 Å². The summed E-state index contributed by atoms with van der Waals surface area (Å²) in [7, 11) is 1.28. The first kappa shape index (κ1) is 23.3. The van der Waals surface area contributed by atoms with Crippen LogP contribution in [0.3, 0.4) is 0 Å². The second kappa shape index (κ2) is 9.93. The number of benzene rings is 3. The van der Waals surface area contributed by atoms with Crippen molar-refractivity contribution in [3.63, 3.8) is 0 Å². The number of hydrogen-bond donors (Lipinski definition) is 3. The Morgan fingerprint density at radius 2 is 1.91 bits per heavy atom. The fraction of sp³-hybridized carbons (Fsp3) is 0.269. The minimum atomic E-state index is -0.733. The van der Waals surface area contributed by atoms with E-state index in [0.717, 1.165) is 16.3 Å². The largest absolute Gasteiger partial charge is 0.507 e. The molecule has 0 spiro atoms. The number of phenolic OH excluding ortho intramolecular Hbond substituents is 1. The molecule has 2 amide bonds. The summed E-state index contributed by atoms with van der Waals surface area (Å²) >= 11 is 0. The van der Waals surface area contributed by atoms with Gasteiger partial charge in [-0.25, -0.2) is 0 Å². The lowest BCUT2D eigenvalue weighted by Gasteiger charge is -2.35. The quantitative estimate of drug-likeness (QED) is 0.487. The van der Waals surface area contributed by atoms with Crippen molar-refractivity contribution in [3.05, 3.63) is 71.3 Å². The third kappa shape index (κ3) is 4.72. The van der Waals surface area contributed by atoms with E-state index in [4.69, 9.17) is 4.74 Å². The minimum Gasteiger partial charge on any atom is -0.507 e. The van der Waals surface area contributed by atoms with Crippen molar-refractivity contribution in [2.24, 2.45) is 0 Å². The first-order valence-corrected chi connectivity index (χ1v) is 11.1. The highest BCUT2D eigenvalue weighted by Gasteiger charge is 2.33. The molecule has 3 N–H and O–H groups in total. The summed E-state index contributed by atoms with van der Waals surface area (Å²) in [5, 5.41) is 18.4. The highest BCUT2D eigenvalue weighted by molar-refractivity contribution is 6.09. The molecule has 1 saturated heterocycles. The van der Waals surface area contributed by atoms with Crippen molar-refractivity contribution in [1.82, 2.24) is 10.2 Å². The molecule has 8 nitrogen and oxygen atoms in total. The number of methoxy groups -OCH3 is 1. The third-order valence-electron chi connectivity index (χ3n) is 6.16. The Labute approximate surface area is 197 Å². The van der Waals surface area contributed by atoms with Crippen LogP contribution in [0.5, 0.6) is 5.75 Å². The van der Waals surface area contributed by atoms with Crippen LogP contribution in [-0.4, -0.2) is 54.0 Å². The summed E-state index contributed by atoms with van der Waals surface area (Å²) in [5.41, 5.74) is 2.23. The standard InChI is InChI=1S/C26H27N3O5/c1-16-7-3-6-10-21(16)28-25(32)19-13-17-8-4-5-9-18(17)20(24(19)31)15-29-12-11-27-26(33)22(29)14-23(30)34-2/h3-10,13,22,31H,11-12,14-15H2,1-2H3,(H,27,33)(H,28,32)/t22-/m0/s1. The minimum absolute atomic E-state index is 0.103. The average Bonchev–Trinajstić information content (AvgIpc) is 2.83. The molecule has 0 aromatic heterocycles. The van der Waals surface area contributed by atoms with Gasteiger partial charge in [-0.1, -0.05) is 42.5 Å². The maximum atomic E-state index is 13.2. The summed E-state index contributed by atoms with van der Waals surface area (Å²) < 4.78 is 4.76. The van der Waals surface area contributed by atoms with E-state index in [1.165, 1.54) is 7.11 Å². The molecule has 3 aromatic carbocycles. The number of carbonyl (C=O) groups excluding carboxylic acids is 3. The van der Waals surface area contributed by atoms with E-state index in [-0.39, 0.29) is 30.2 Å². The van der Waals surface area contributed by atoms with Gasteiger partial charge in [-0.15, -0.1) is 0 Å². The van der Waals surface area contributed by atoms with Crippen molar-refractivity contribution >= 4 is 34.2 Å². The number of carbonyl (C=O) groups is 3. The smallest absolute Gasteiger partial charge is 0.307 e. The Kier molecular flexibility index (Phi) is 6.79. The summed E-state index contributed by atoms with van der Waals surface area (Å²) in [5.74, 6) is -1.34. The van der Waals surface area contributed by atoms with Gasteiger partial charge < -0.3 is 20.5 Å². The summed E-state index contributed by atoms with van der Waals surface area (Å²) in [6, 6.07) is 15.8. The van der Waals surface area contributed by atoms with Gasteiger partial charge in [-0.05, 0) is 35.4 Å². The van der Waals surface area contributed by atoms with Crippen molar-refractivity contribution in [2.45, 2.75) is 25.9 Å². The number of amides is 2. The number of anilines is 1. The lowest BCUT2D eigenvalue weighted by Crippen LogP contribution is -2.55. The summed E-state index contributed by atoms with van der Waals surface area (Å²) in [4.78, 5) is 39.4. The van der Waals surface area contributed by atoms with Gasteiger partial charge in [0, 0.05) is 30.9 Å². The van der Waals surface area contributed by atoms with Crippen LogP contribution in [-0.2, 0) is 20.9 Å². The van der Waals surface area contributed by atoms with E-state index in [1.807, 2.05) is 54.3 Å². The molecule has 4 rings (SSSR count). The zero-order valence-corrected chi connectivity index (χ0v) is 19.1. The number of phenols is 1. The zero-order valence-electron chi connectivity index (χ0n) is 19.1. The molecule has 1 heterocycles. The fourth-order valence-corrected chi connectivity index (χ4v) is 4.27. The van der Waals surface area contributed by atoms with Gasteiger partial charge in [0.05, 0.1) is 19.1 Å². The first-order valence-electron chi connectivity index (χ1n) is 11.1. The Bertz CT molecular complexity index is 1260. The molecule has 0 bridgehead atoms. The molecule has 0 aliphatic carbocycles. The SMILES string of the molecule is COC(=O)C[C@H]1C(=O)NCCN1Cc1c(O)c(C(=O)Nc2ccccc2C)cc2ccccc12. The molecule has 176 valence electrons. The highest BCUT2D eigenvalue weighted by Crippen LogP contribution is 2.34. The van der Waals surface area contributed by atoms with Crippen molar-refractivity contribution < 1.29 is 24.2 Å². The number of fused-ring (bicyclic) bond motifs is 1. The number of esters is 1. The topological polar surface area (TPSA) is 108 Å². The normalized spacial score (nSPS) is 16.2. The van der Waals surface area contributed by atoms with Crippen molar-refractivity contribution in [2.75, 3.05) is 25.5 Å². The Balaban J connectivity index is 1.72. The van der Waals surface area contributed by atoms with E-state index < -0.39 is 17.9 Å². The van der Waals surface area contributed by atoms with Gasteiger partial charge in [0.15, 0.2) is 0 Å². The van der Waals surface area contributed by atoms with Crippen LogP contribution in [0.4, 0.5) is 5.69 Å². The predicted molar refractivity (Wildman–Crippen MR) is 129 cm³/mol. The van der Waals surface area contributed by atoms with Crippen LogP contribution < -0.4 is 10.6 Å². The maximum absolute atomic E-state index is 13.2. The van der Waals surface area contributed by atoms with Crippen molar-refractivity contribution in [1.29, 1.82) is 0 Å². The van der Waals surface area contributed by atoms with Crippen LogP contribution in [0, 0.1) is 6.92 Å². The molecule has 1 atom stereocenters. The number of para-hydroxylation sites is 1. The number of aryl methyl sites for hydroxylation is 1. The second-order valence-corrected chi connectivity index (χ2v) is 8.30. The molecule has 34 heavy (non-hydrogen) atoms. The molecule has 1 aliphatic rings. The summed E-state index contributed by atoms with van der Waals surface area (Å²) in [6.45, 7) is 2.99. The number of nitrogens with zero attached hydrogens (tertiary/aromatic N) is 1. The van der Waals surface area contributed by atoms with Gasteiger partial charge in [0.1, 0.15) is 11.8 Å². The van der Waals surface area contributed by atoms with Crippen LogP contribution in [0.25, 0.3) is 10.8 Å². The number of ether oxygens (including phenoxy) is 1. The Hall–Kier alpha value is -3.91. The van der Waals surface area contributed by atoms with Gasteiger partial charge in [0.25, 0.3) is 5.91 Å². The molecule has 0 saturated carbocycles. The van der Waals surface area contributed by atoms with Gasteiger partial charge in [-0.2, -0.15) is 0 Å². The second-order valence-electron chi connectivity index (χ2n) is 8.30. The Morgan fingerprint density at radius 3 is 2.68 bits per heavy atom. The number of hydrogen-bond acceptors (Lipinski definition) is 6. The number of piperazine rings is 1. The number of aromatic hydroxyl groups is 1. The van der Waals surface area contributed by atoms with Gasteiger partial charge in [-0.3, -0.25) is 19.3 Å². The molecule has 1 aliphatic heterocycles. The molecule has 3 aromatic rings. The lowest BCUT2D eigenvalue weighted by molar-refractivity contribution is -0.146. The summed E-state index contributed by atoms with van der Waals surface area (Å²) in [6.07, 6.45) is -0.103. The maximum Gasteiger partial charge on any atom is 0.307 e. The van der Waals surface area contributed by atoms with Crippen LogP contribution >= 0.6 is 0 Å². The van der Waals surface area contributed by atoms with E-state index >= 15 is 0 Å². The molecule has 8 heteroatoms. The number of rotatable bonds is 6. The monoisotopic (exact) mass is 461 g/mol. The molecule has 1 fully saturated rings. The third-order valence-corrected chi connectivity index (χ3v) is 6.16. The molecular weight excluding hydrogens is 434 g/mol. The molecule has 0 unspecified atom stereocenters. The first-order chi connectivity index (χ1) is 16.4. The van der Waals surface area contributed by atoms with E-state index in [1.54, 1.807) is 12.1 Å². The highest BCUT2D eigenvalue weighted by atomic mass is 16.5. The van der Waals surface area contributed by atoms with E-state index in [2.05, 4.69) is 10.6 Å². The van der Waals surface area contributed by atoms with Crippen LogP contribution in [0.15, 0.2) is 54.6 Å². The molecule has 0 radical (unpaired) electrons. The average molecular weight is 462 g/mol. The number of nitrogens with one attached hydrogen (secondary N) is 2. The Morgan fingerprint density at radius 1 is 1.18 bits per heavy atom.